The van der Waals surface area contributed by atoms with Crippen molar-refractivity contribution in [2.24, 2.45) is 0 Å². The van der Waals surface area contributed by atoms with Crippen molar-refractivity contribution in [1.29, 1.82) is 0 Å². The van der Waals surface area contributed by atoms with Gasteiger partial charge in [0, 0.05) is 11.1 Å². The summed E-state index contributed by atoms with van der Waals surface area (Å²) < 4.78 is 1.36. The minimum absolute atomic E-state index is 0.371. The maximum atomic E-state index is 6.17. The first-order chi connectivity index (χ1) is 8.74. The first kappa shape index (κ1) is 12.7. The summed E-state index contributed by atoms with van der Waals surface area (Å²) in [6.45, 7) is 0. The predicted octanol–water partition coefficient (Wildman–Crippen LogP) is 4.89. The van der Waals surface area contributed by atoms with E-state index < -0.39 is 0 Å². The molecule has 1 unspecified atom stereocenters. The van der Waals surface area contributed by atoms with E-state index in [1.165, 1.54) is 26.2 Å². The zero-order valence-electron chi connectivity index (χ0n) is 9.62. The summed E-state index contributed by atoms with van der Waals surface area (Å²) in [7, 11) is 0. The van der Waals surface area contributed by atoms with Crippen LogP contribution in [0.4, 0.5) is 5.69 Å². The van der Waals surface area contributed by atoms with Crippen LogP contribution in [0.15, 0.2) is 24.5 Å². The highest BCUT2D eigenvalue weighted by molar-refractivity contribution is 14.1. The van der Waals surface area contributed by atoms with Gasteiger partial charge in [-0.05, 0) is 59.5 Å². The van der Waals surface area contributed by atoms with Gasteiger partial charge in [0.25, 0.3) is 0 Å². The van der Waals surface area contributed by atoms with Gasteiger partial charge in [0.1, 0.15) is 0 Å². The van der Waals surface area contributed by atoms with Gasteiger partial charge in [0.2, 0.25) is 0 Å². The van der Waals surface area contributed by atoms with Crippen molar-refractivity contribution in [3.05, 3.63) is 42.9 Å². The molecule has 0 amide bonds. The van der Waals surface area contributed by atoms with Gasteiger partial charge in [-0.3, -0.25) is 4.98 Å². The van der Waals surface area contributed by atoms with Crippen LogP contribution in [0.2, 0.25) is 5.02 Å². The Morgan fingerprint density at radius 2 is 2.39 bits per heavy atom. The van der Waals surface area contributed by atoms with Gasteiger partial charge in [0.05, 0.1) is 25.8 Å². The van der Waals surface area contributed by atoms with Crippen LogP contribution in [0.25, 0.3) is 0 Å². The van der Waals surface area contributed by atoms with E-state index in [1.54, 1.807) is 12.4 Å². The quantitative estimate of drug-likeness (QED) is 0.739. The van der Waals surface area contributed by atoms with E-state index in [9.17, 15) is 0 Å². The summed E-state index contributed by atoms with van der Waals surface area (Å²) in [6.07, 6.45) is 7.12. The van der Waals surface area contributed by atoms with E-state index in [-0.39, 0.29) is 0 Å². The van der Waals surface area contributed by atoms with Gasteiger partial charge in [-0.2, -0.15) is 0 Å². The minimum atomic E-state index is 0.371. The lowest BCUT2D eigenvalue weighted by Crippen LogP contribution is -2.15. The zero-order chi connectivity index (χ0) is 12.5. The molecule has 3 rings (SSSR count). The lowest BCUT2D eigenvalue weighted by molar-refractivity contribution is 0.608. The Labute approximate surface area is 129 Å². The zero-order valence-corrected chi connectivity index (χ0v) is 13.3. The molecule has 2 aromatic heterocycles. The number of nitrogens with one attached hydrogen (secondary N) is 1. The third-order valence-corrected chi connectivity index (χ3v) is 5.48. The molecule has 2 aromatic rings. The number of aromatic nitrogens is 1. The summed E-state index contributed by atoms with van der Waals surface area (Å²) in [4.78, 5) is 5.64. The number of thiophene rings is 1. The van der Waals surface area contributed by atoms with Crippen molar-refractivity contribution >= 4 is 51.2 Å². The van der Waals surface area contributed by atoms with Crippen LogP contribution in [0.1, 0.15) is 29.3 Å². The monoisotopic (exact) mass is 390 g/mol. The molecule has 1 aliphatic rings. The van der Waals surface area contributed by atoms with Crippen molar-refractivity contribution in [3.8, 4) is 0 Å². The summed E-state index contributed by atoms with van der Waals surface area (Å²) in [5.41, 5.74) is 2.37. The maximum absolute atomic E-state index is 6.17. The molecule has 2 heterocycles. The number of hydrogen-bond donors (Lipinski definition) is 1. The van der Waals surface area contributed by atoms with Gasteiger partial charge in [0.15, 0.2) is 0 Å². The Bertz CT molecular complexity index is 570. The molecular weight excluding hydrogens is 379 g/mol. The summed E-state index contributed by atoms with van der Waals surface area (Å²) in [6, 6.07) is 4.49. The Balaban J connectivity index is 1.88. The highest BCUT2D eigenvalue weighted by atomic mass is 127. The summed E-state index contributed by atoms with van der Waals surface area (Å²) in [5, 5.41) is 4.27. The van der Waals surface area contributed by atoms with Gasteiger partial charge < -0.3 is 5.32 Å². The number of rotatable bonds is 2. The van der Waals surface area contributed by atoms with Crippen LogP contribution in [0.3, 0.4) is 0 Å². The highest BCUT2D eigenvalue weighted by Gasteiger charge is 2.23. The molecule has 0 fully saturated rings. The molecule has 0 saturated heterocycles. The Morgan fingerprint density at radius 3 is 3.22 bits per heavy atom. The fourth-order valence-corrected chi connectivity index (χ4v) is 4.62. The van der Waals surface area contributed by atoms with E-state index in [4.69, 9.17) is 11.6 Å². The summed E-state index contributed by atoms with van der Waals surface area (Å²) in [5.74, 6) is 0. The molecule has 0 saturated carbocycles. The lowest BCUT2D eigenvalue weighted by Gasteiger charge is -2.24. The molecule has 94 valence electrons. The number of halogens is 2. The number of fused-ring (bicyclic) bond motifs is 1. The van der Waals surface area contributed by atoms with E-state index in [0.717, 1.165) is 17.1 Å². The smallest absolute Gasteiger partial charge is 0.0720 e. The first-order valence-electron chi connectivity index (χ1n) is 5.88. The van der Waals surface area contributed by atoms with Crippen molar-refractivity contribution in [2.75, 3.05) is 5.32 Å². The molecule has 0 bridgehead atoms. The largest absolute Gasteiger partial charge is 0.376 e. The molecule has 0 spiro atoms. The second kappa shape index (κ2) is 5.35. The standard InChI is InChI=1S/C13H12ClIN2S/c14-9-4-5-16-7-11(9)17-10-2-1-3-12-8(10)6-13(15)18-12/h4-7,10,17H,1-3H2. The molecule has 2 nitrogen and oxygen atoms in total. The number of aryl methyl sites for hydroxylation is 1. The van der Waals surface area contributed by atoms with Gasteiger partial charge in [-0.25, -0.2) is 0 Å². The van der Waals surface area contributed by atoms with Crippen LogP contribution in [0, 0.1) is 2.88 Å². The highest BCUT2D eigenvalue weighted by Crippen LogP contribution is 2.38. The van der Waals surface area contributed by atoms with Crippen molar-refractivity contribution in [3.63, 3.8) is 0 Å². The SMILES string of the molecule is Clc1ccncc1NC1CCCc2sc(I)cc21. The van der Waals surface area contributed by atoms with Gasteiger partial charge in [-0.1, -0.05) is 11.6 Å². The molecule has 0 aliphatic heterocycles. The van der Waals surface area contributed by atoms with Crippen LogP contribution in [-0.4, -0.2) is 4.98 Å². The minimum Gasteiger partial charge on any atom is -0.376 e. The molecule has 1 atom stereocenters. The van der Waals surface area contributed by atoms with Crippen LogP contribution >= 0.6 is 45.5 Å². The van der Waals surface area contributed by atoms with Crippen molar-refractivity contribution in [2.45, 2.75) is 25.3 Å². The van der Waals surface area contributed by atoms with Crippen molar-refractivity contribution in [1.82, 2.24) is 4.98 Å². The third-order valence-electron chi connectivity index (χ3n) is 3.18. The Morgan fingerprint density at radius 1 is 1.50 bits per heavy atom. The summed E-state index contributed by atoms with van der Waals surface area (Å²) >= 11 is 10.5. The van der Waals surface area contributed by atoms with Gasteiger partial charge >= 0.3 is 0 Å². The average Bonchev–Trinajstić information content (AvgIpc) is 2.73. The van der Waals surface area contributed by atoms with E-state index in [1.807, 2.05) is 17.4 Å². The first-order valence-corrected chi connectivity index (χ1v) is 8.15. The lowest BCUT2D eigenvalue weighted by atomic mass is 9.94. The van der Waals surface area contributed by atoms with E-state index in [2.05, 4.69) is 39.0 Å². The molecule has 0 aromatic carbocycles. The van der Waals surface area contributed by atoms with E-state index >= 15 is 0 Å². The number of nitrogens with zero attached hydrogens (tertiary/aromatic N) is 1. The third kappa shape index (κ3) is 2.51. The Kier molecular flexibility index (Phi) is 3.77. The van der Waals surface area contributed by atoms with Crippen LogP contribution in [0.5, 0.6) is 0 Å². The topological polar surface area (TPSA) is 24.9 Å². The molecular formula is C13H12ClIN2S. The molecule has 1 N–H and O–H groups in total. The van der Waals surface area contributed by atoms with Crippen molar-refractivity contribution < 1.29 is 0 Å². The predicted molar refractivity (Wildman–Crippen MR) is 85.6 cm³/mol. The number of hydrogen-bond acceptors (Lipinski definition) is 3. The fourth-order valence-electron chi connectivity index (χ4n) is 2.34. The molecule has 18 heavy (non-hydrogen) atoms. The number of anilines is 1. The fraction of sp³-hybridized carbons (Fsp3) is 0.308. The Hall–Kier alpha value is -0.330. The molecule has 0 radical (unpaired) electrons. The maximum Gasteiger partial charge on any atom is 0.0720 e. The second-order valence-corrected chi connectivity index (χ2v) is 7.81. The van der Waals surface area contributed by atoms with Gasteiger partial charge in [-0.15, -0.1) is 11.3 Å². The van der Waals surface area contributed by atoms with Crippen LogP contribution < -0.4 is 5.32 Å². The van der Waals surface area contributed by atoms with E-state index in [0.29, 0.717) is 6.04 Å². The average molecular weight is 391 g/mol. The second-order valence-electron chi connectivity index (χ2n) is 4.37. The van der Waals surface area contributed by atoms with Crippen LogP contribution in [-0.2, 0) is 6.42 Å². The molecule has 5 heteroatoms. The number of pyridine rings is 1. The molecule has 1 aliphatic carbocycles. The normalized spacial score (nSPS) is 18.4.